The van der Waals surface area contributed by atoms with Crippen LogP contribution in [0, 0.1) is 6.92 Å². The van der Waals surface area contributed by atoms with E-state index in [2.05, 4.69) is 21.6 Å². The highest BCUT2D eigenvalue weighted by atomic mass is 32.1. The van der Waals surface area contributed by atoms with Gasteiger partial charge in [-0.05, 0) is 24.9 Å². The summed E-state index contributed by atoms with van der Waals surface area (Å²) in [6, 6.07) is 0. The van der Waals surface area contributed by atoms with E-state index in [-0.39, 0.29) is 0 Å². The molecule has 20 heavy (non-hydrogen) atoms. The van der Waals surface area contributed by atoms with E-state index in [1.165, 1.54) is 11.5 Å². The van der Waals surface area contributed by atoms with Crippen molar-refractivity contribution >= 4 is 33.7 Å². The number of nitrogen functional groups attached to an aromatic ring is 1. The summed E-state index contributed by atoms with van der Waals surface area (Å²) in [5, 5.41) is 7.24. The Morgan fingerprint density at radius 1 is 1.40 bits per heavy atom. The van der Waals surface area contributed by atoms with Crippen LogP contribution < -0.4 is 11.1 Å². The first-order valence-corrected chi connectivity index (χ1v) is 8.37. The van der Waals surface area contributed by atoms with Crippen molar-refractivity contribution in [2.24, 2.45) is 0 Å². The maximum atomic E-state index is 5.95. The lowest BCUT2D eigenvalue weighted by molar-refractivity contribution is 0.141. The molecule has 0 radical (unpaired) electrons. The molecule has 2 aromatic rings. The van der Waals surface area contributed by atoms with E-state index < -0.39 is 0 Å². The molecule has 0 aliphatic heterocycles. The zero-order valence-electron chi connectivity index (χ0n) is 11.8. The summed E-state index contributed by atoms with van der Waals surface area (Å²) >= 11 is 2.96. The third kappa shape index (κ3) is 3.91. The summed E-state index contributed by atoms with van der Waals surface area (Å²) in [5.74, 6) is 0.541. The fraction of sp³-hybridized carbons (Fsp3) is 0.538. The summed E-state index contributed by atoms with van der Waals surface area (Å²) in [6.07, 6.45) is 2.27. The number of unbranched alkanes of at least 4 members (excludes halogenated alkanes) is 1. The number of nitrogens with two attached hydrogens (primary N) is 1. The van der Waals surface area contributed by atoms with Gasteiger partial charge in [0.1, 0.15) is 15.8 Å². The number of rotatable bonds is 8. The van der Waals surface area contributed by atoms with Crippen LogP contribution in [0.1, 0.15) is 25.5 Å². The first-order chi connectivity index (χ1) is 9.72. The molecule has 110 valence electrons. The second-order valence-corrected chi connectivity index (χ2v) is 6.09. The second kappa shape index (κ2) is 7.56. The van der Waals surface area contributed by atoms with E-state index in [4.69, 9.17) is 10.5 Å². The van der Waals surface area contributed by atoms with Crippen LogP contribution in [-0.4, -0.2) is 29.1 Å². The molecule has 0 fully saturated rings. The number of hydrogen-bond donors (Lipinski definition) is 2. The molecule has 3 N–H and O–H groups in total. The van der Waals surface area contributed by atoms with Crippen molar-refractivity contribution in [1.29, 1.82) is 0 Å². The van der Waals surface area contributed by atoms with Gasteiger partial charge < -0.3 is 15.8 Å². The molecule has 0 aromatic carbocycles. The maximum Gasteiger partial charge on any atom is 0.149 e. The third-order valence-electron chi connectivity index (χ3n) is 2.73. The number of nitrogens with one attached hydrogen (secondary N) is 1. The number of thiazole rings is 1. The van der Waals surface area contributed by atoms with Gasteiger partial charge in [-0.1, -0.05) is 13.3 Å². The average molecular weight is 312 g/mol. The van der Waals surface area contributed by atoms with Crippen LogP contribution in [0.15, 0.2) is 5.38 Å². The van der Waals surface area contributed by atoms with Crippen LogP contribution in [0.2, 0.25) is 0 Å². The number of nitrogens with zero attached hydrogens (tertiary/aromatic N) is 2. The van der Waals surface area contributed by atoms with Crippen LogP contribution in [-0.2, 0) is 4.74 Å². The predicted octanol–water partition coefficient (Wildman–Crippen LogP) is 3.39. The Bertz CT molecular complexity index is 538. The van der Waals surface area contributed by atoms with E-state index in [9.17, 15) is 0 Å². The van der Waals surface area contributed by atoms with Crippen molar-refractivity contribution in [2.45, 2.75) is 26.7 Å². The van der Waals surface area contributed by atoms with E-state index in [0.29, 0.717) is 12.4 Å². The van der Waals surface area contributed by atoms with E-state index in [0.717, 1.165) is 47.3 Å². The number of ether oxygens (including phenoxy) is 1. The van der Waals surface area contributed by atoms with Gasteiger partial charge in [0.05, 0.1) is 12.2 Å². The largest absolute Gasteiger partial charge is 0.382 e. The molecule has 2 heterocycles. The molecule has 5 nitrogen and oxygen atoms in total. The third-order valence-corrected chi connectivity index (χ3v) is 4.52. The van der Waals surface area contributed by atoms with Gasteiger partial charge in [0.15, 0.2) is 0 Å². The molecule has 0 bridgehead atoms. The lowest BCUT2D eigenvalue weighted by atomic mass is 10.3. The summed E-state index contributed by atoms with van der Waals surface area (Å²) in [7, 11) is 0. The highest BCUT2D eigenvalue weighted by Crippen LogP contribution is 2.38. The summed E-state index contributed by atoms with van der Waals surface area (Å²) in [6.45, 7) is 6.40. The normalized spacial score (nSPS) is 10.9. The van der Waals surface area contributed by atoms with Crippen LogP contribution in [0.4, 0.5) is 10.8 Å². The Balaban J connectivity index is 1.92. The Kier molecular flexibility index (Phi) is 5.75. The number of anilines is 2. The molecule has 7 heteroatoms. The number of aryl methyl sites for hydroxylation is 1. The van der Waals surface area contributed by atoms with Crippen molar-refractivity contribution in [3.8, 4) is 10.6 Å². The van der Waals surface area contributed by atoms with Gasteiger partial charge in [0, 0.05) is 24.2 Å². The Morgan fingerprint density at radius 3 is 2.95 bits per heavy atom. The van der Waals surface area contributed by atoms with E-state index in [1.807, 2.05) is 12.3 Å². The minimum atomic E-state index is 0.541. The molecule has 0 amide bonds. The van der Waals surface area contributed by atoms with Crippen molar-refractivity contribution in [3.05, 3.63) is 11.1 Å². The first kappa shape index (κ1) is 15.2. The van der Waals surface area contributed by atoms with Gasteiger partial charge in [-0.2, -0.15) is 4.37 Å². The molecule has 0 saturated heterocycles. The smallest absolute Gasteiger partial charge is 0.149 e. The molecule has 0 saturated carbocycles. The van der Waals surface area contributed by atoms with Gasteiger partial charge in [0.2, 0.25) is 0 Å². The predicted molar refractivity (Wildman–Crippen MR) is 86.6 cm³/mol. The monoisotopic (exact) mass is 312 g/mol. The summed E-state index contributed by atoms with van der Waals surface area (Å²) in [5.41, 5.74) is 7.87. The Morgan fingerprint density at radius 2 is 2.25 bits per heavy atom. The van der Waals surface area contributed by atoms with Crippen LogP contribution >= 0.6 is 22.9 Å². The topological polar surface area (TPSA) is 73.1 Å². The zero-order chi connectivity index (χ0) is 14.4. The molecular weight excluding hydrogens is 292 g/mol. The van der Waals surface area contributed by atoms with E-state index in [1.54, 1.807) is 11.3 Å². The standard InChI is InChI=1S/C13H20N4OS2/c1-3-4-6-18-7-5-15-12-10(11(14)17-20-12)13-16-9(2)8-19-13/h8,15H,3-7H2,1-2H3,(H2,14,17). The molecular formula is C13H20N4OS2. The quantitative estimate of drug-likeness (QED) is 0.731. The van der Waals surface area contributed by atoms with Crippen LogP contribution in [0.3, 0.4) is 0 Å². The fourth-order valence-corrected chi connectivity index (χ4v) is 3.34. The van der Waals surface area contributed by atoms with Gasteiger partial charge >= 0.3 is 0 Å². The number of aromatic nitrogens is 2. The SMILES string of the molecule is CCCCOCCNc1snc(N)c1-c1nc(C)cs1. The summed E-state index contributed by atoms with van der Waals surface area (Å²) < 4.78 is 9.74. The Labute approximate surface area is 127 Å². The van der Waals surface area contributed by atoms with Gasteiger partial charge in [0.25, 0.3) is 0 Å². The molecule has 0 aliphatic rings. The van der Waals surface area contributed by atoms with E-state index >= 15 is 0 Å². The molecule has 2 aromatic heterocycles. The average Bonchev–Trinajstić information content (AvgIpc) is 3.00. The maximum absolute atomic E-state index is 5.95. The van der Waals surface area contributed by atoms with Crippen molar-refractivity contribution in [3.63, 3.8) is 0 Å². The highest BCUT2D eigenvalue weighted by Gasteiger charge is 2.16. The van der Waals surface area contributed by atoms with Gasteiger partial charge in [-0.15, -0.1) is 11.3 Å². The van der Waals surface area contributed by atoms with Crippen molar-refractivity contribution in [2.75, 3.05) is 30.8 Å². The second-order valence-electron chi connectivity index (χ2n) is 4.46. The number of hydrogen-bond acceptors (Lipinski definition) is 7. The van der Waals surface area contributed by atoms with Gasteiger partial charge in [-0.25, -0.2) is 4.98 Å². The van der Waals surface area contributed by atoms with Crippen LogP contribution in [0.5, 0.6) is 0 Å². The van der Waals surface area contributed by atoms with Crippen LogP contribution in [0.25, 0.3) is 10.6 Å². The zero-order valence-corrected chi connectivity index (χ0v) is 13.4. The lowest BCUT2D eigenvalue weighted by Crippen LogP contribution is -2.09. The molecule has 2 rings (SSSR count). The molecule has 0 spiro atoms. The summed E-state index contributed by atoms with van der Waals surface area (Å²) in [4.78, 5) is 4.48. The first-order valence-electron chi connectivity index (χ1n) is 6.71. The highest BCUT2D eigenvalue weighted by molar-refractivity contribution is 7.15. The van der Waals surface area contributed by atoms with Gasteiger partial charge in [-0.3, -0.25) is 0 Å². The Hall–Kier alpha value is -1.18. The van der Waals surface area contributed by atoms with Crippen molar-refractivity contribution < 1.29 is 4.74 Å². The molecule has 0 aliphatic carbocycles. The minimum Gasteiger partial charge on any atom is -0.382 e. The minimum absolute atomic E-state index is 0.541. The lowest BCUT2D eigenvalue weighted by Gasteiger charge is -2.06. The van der Waals surface area contributed by atoms with Crippen molar-refractivity contribution in [1.82, 2.24) is 9.36 Å². The fourth-order valence-electron chi connectivity index (χ4n) is 1.68. The molecule has 0 atom stereocenters. The molecule has 0 unspecified atom stereocenters.